The van der Waals surface area contributed by atoms with Crippen molar-refractivity contribution in [2.45, 2.75) is 45.3 Å². The van der Waals surface area contributed by atoms with E-state index in [1.165, 1.54) is 0 Å². The van der Waals surface area contributed by atoms with E-state index in [0.717, 1.165) is 5.56 Å². The summed E-state index contributed by atoms with van der Waals surface area (Å²) in [5.41, 5.74) is 8.20. The van der Waals surface area contributed by atoms with Crippen LogP contribution in [0.15, 0.2) is 29.4 Å². The summed E-state index contributed by atoms with van der Waals surface area (Å²) < 4.78 is 10.6. The molecule has 1 atom stereocenters. The van der Waals surface area contributed by atoms with Gasteiger partial charge in [0.15, 0.2) is 0 Å². The van der Waals surface area contributed by atoms with E-state index in [2.05, 4.69) is 15.3 Å². The van der Waals surface area contributed by atoms with Crippen LogP contribution in [0.2, 0.25) is 0 Å². The molecule has 9 heteroatoms. The highest BCUT2D eigenvalue weighted by Gasteiger charge is 2.24. The summed E-state index contributed by atoms with van der Waals surface area (Å²) >= 11 is 0. The average molecular weight is 364 g/mol. The van der Waals surface area contributed by atoms with Gasteiger partial charge >= 0.3 is 12.1 Å². The smallest absolute Gasteiger partial charge is 0.408 e. The minimum atomic E-state index is -1.14. The molecule has 0 bridgehead atoms. The van der Waals surface area contributed by atoms with Crippen molar-refractivity contribution in [3.05, 3.63) is 40.3 Å². The van der Waals surface area contributed by atoms with Crippen LogP contribution in [0, 0.1) is 0 Å². The van der Waals surface area contributed by atoms with Crippen molar-refractivity contribution >= 4 is 12.1 Å². The molecule has 0 unspecified atom stereocenters. The maximum atomic E-state index is 11.8. The molecule has 1 rings (SSSR count). The maximum Gasteiger partial charge on any atom is 0.408 e. The second kappa shape index (κ2) is 10.1. The fourth-order valence-corrected chi connectivity index (χ4v) is 1.98. The molecule has 0 aliphatic heterocycles. The number of alkyl carbamates (subject to hydrolysis) is 1. The van der Waals surface area contributed by atoms with Crippen molar-refractivity contribution in [2.24, 2.45) is 5.11 Å². The summed E-state index contributed by atoms with van der Waals surface area (Å²) in [5, 5.41) is 15.1. The number of nitrogens with zero attached hydrogens (tertiary/aromatic N) is 3. The highest BCUT2D eigenvalue weighted by molar-refractivity contribution is 5.80. The van der Waals surface area contributed by atoms with Crippen molar-refractivity contribution < 1.29 is 24.2 Å². The SMILES string of the molecule is CC(C)(C)OC(=O)N[C@@H](Cc1ccc(OCCCN=[N+]=[N-])cc1)C(=O)O. The van der Waals surface area contributed by atoms with Crippen LogP contribution in [0.1, 0.15) is 32.8 Å². The Morgan fingerprint density at radius 2 is 1.96 bits per heavy atom. The zero-order valence-electron chi connectivity index (χ0n) is 15.1. The zero-order valence-corrected chi connectivity index (χ0v) is 15.1. The van der Waals surface area contributed by atoms with Crippen LogP contribution in [0.3, 0.4) is 0 Å². The molecule has 0 aromatic heterocycles. The van der Waals surface area contributed by atoms with E-state index in [4.69, 9.17) is 15.0 Å². The minimum Gasteiger partial charge on any atom is -0.494 e. The first-order valence-electron chi connectivity index (χ1n) is 8.16. The standard InChI is InChI=1S/C17H24N4O5/c1-17(2,3)26-16(24)20-14(15(22)23)11-12-5-7-13(8-6-12)25-10-4-9-19-21-18/h5-8,14H,4,9-11H2,1-3H3,(H,20,24)(H,22,23)/t14-/m0/s1. The average Bonchev–Trinajstić information content (AvgIpc) is 2.53. The molecule has 26 heavy (non-hydrogen) atoms. The molecular formula is C17H24N4O5. The van der Waals surface area contributed by atoms with E-state index in [0.29, 0.717) is 25.3 Å². The molecule has 0 saturated carbocycles. The third-order valence-electron chi connectivity index (χ3n) is 3.09. The summed E-state index contributed by atoms with van der Waals surface area (Å²) in [6.45, 7) is 5.89. The van der Waals surface area contributed by atoms with Crippen LogP contribution in [-0.2, 0) is 16.0 Å². The van der Waals surface area contributed by atoms with Gasteiger partial charge in [0.25, 0.3) is 0 Å². The molecule has 0 heterocycles. The minimum absolute atomic E-state index is 0.117. The summed E-state index contributed by atoms with van der Waals surface area (Å²) in [7, 11) is 0. The molecule has 1 aromatic rings. The molecule has 9 nitrogen and oxygen atoms in total. The Morgan fingerprint density at radius 1 is 1.31 bits per heavy atom. The number of ether oxygens (including phenoxy) is 2. The largest absolute Gasteiger partial charge is 0.494 e. The number of aliphatic carboxylic acids is 1. The van der Waals surface area contributed by atoms with Gasteiger partial charge in [0, 0.05) is 17.9 Å². The van der Waals surface area contributed by atoms with Crippen molar-refractivity contribution in [1.82, 2.24) is 5.32 Å². The lowest BCUT2D eigenvalue weighted by atomic mass is 10.1. The van der Waals surface area contributed by atoms with Crippen molar-refractivity contribution in [2.75, 3.05) is 13.2 Å². The van der Waals surface area contributed by atoms with E-state index in [9.17, 15) is 14.7 Å². The zero-order chi connectivity index (χ0) is 19.6. The number of hydrogen-bond acceptors (Lipinski definition) is 5. The van der Waals surface area contributed by atoms with E-state index in [1.54, 1.807) is 45.0 Å². The van der Waals surface area contributed by atoms with Gasteiger partial charge < -0.3 is 19.9 Å². The predicted octanol–water partition coefficient (Wildman–Crippen LogP) is 3.29. The first-order chi connectivity index (χ1) is 12.2. The predicted molar refractivity (Wildman–Crippen MR) is 95.1 cm³/mol. The Labute approximate surface area is 151 Å². The molecule has 0 radical (unpaired) electrons. The van der Waals surface area contributed by atoms with Crippen LogP contribution in [0.5, 0.6) is 5.75 Å². The Balaban J connectivity index is 2.56. The molecule has 142 valence electrons. The number of rotatable bonds is 9. The highest BCUT2D eigenvalue weighted by atomic mass is 16.6. The molecule has 0 aliphatic carbocycles. The molecule has 2 N–H and O–H groups in total. The summed E-state index contributed by atoms with van der Waals surface area (Å²) in [4.78, 5) is 25.8. The van der Waals surface area contributed by atoms with Gasteiger partial charge in [0.1, 0.15) is 17.4 Å². The second-order valence-electron chi connectivity index (χ2n) is 6.54. The maximum absolute atomic E-state index is 11.8. The highest BCUT2D eigenvalue weighted by Crippen LogP contribution is 2.14. The van der Waals surface area contributed by atoms with Crippen molar-refractivity contribution in [1.29, 1.82) is 0 Å². The lowest BCUT2D eigenvalue weighted by molar-refractivity contribution is -0.139. The third-order valence-corrected chi connectivity index (χ3v) is 3.09. The summed E-state index contributed by atoms with van der Waals surface area (Å²) in [6, 6.07) is 5.80. The van der Waals surface area contributed by atoms with E-state index < -0.39 is 23.7 Å². The number of amides is 1. The number of carboxylic acids is 1. The summed E-state index contributed by atoms with van der Waals surface area (Å²) in [6.07, 6.45) is -0.0526. The lowest BCUT2D eigenvalue weighted by Crippen LogP contribution is -2.44. The Hall–Kier alpha value is -2.93. The topological polar surface area (TPSA) is 134 Å². The summed E-state index contributed by atoms with van der Waals surface area (Å²) in [5.74, 6) is -0.518. The van der Waals surface area contributed by atoms with Gasteiger partial charge in [-0.1, -0.05) is 17.2 Å². The fraction of sp³-hybridized carbons (Fsp3) is 0.529. The Kier molecular flexibility index (Phi) is 8.24. The number of carbonyl (C=O) groups is 2. The van der Waals surface area contributed by atoms with Crippen molar-refractivity contribution in [3.63, 3.8) is 0 Å². The molecule has 1 aromatic carbocycles. The molecule has 0 fully saturated rings. The number of carbonyl (C=O) groups excluding carboxylic acids is 1. The van der Waals surface area contributed by atoms with Crippen LogP contribution < -0.4 is 10.1 Å². The molecule has 1 amide bonds. The third kappa shape index (κ3) is 8.79. The fourth-order valence-electron chi connectivity index (χ4n) is 1.98. The van der Waals surface area contributed by atoms with Gasteiger partial charge in [0.2, 0.25) is 0 Å². The monoisotopic (exact) mass is 364 g/mol. The van der Waals surface area contributed by atoms with Crippen LogP contribution >= 0.6 is 0 Å². The molecular weight excluding hydrogens is 340 g/mol. The van der Waals surface area contributed by atoms with Gasteiger partial charge in [-0.15, -0.1) is 0 Å². The normalized spacial score (nSPS) is 11.8. The Bertz CT molecular complexity index is 648. The van der Waals surface area contributed by atoms with Gasteiger partial charge in [-0.2, -0.15) is 0 Å². The number of hydrogen-bond donors (Lipinski definition) is 2. The van der Waals surface area contributed by atoms with Gasteiger partial charge in [0.05, 0.1) is 6.61 Å². The van der Waals surface area contributed by atoms with E-state index >= 15 is 0 Å². The van der Waals surface area contributed by atoms with Gasteiger partial charge in [-0.25, -0.2) is 9.59 Å². The number of nitrogens with one attached hydrogen (secondary N) is 1. The van der Waals surface area contributed by atoms with Crippen LogP contribution in [0.4, 0.5) is 4.79 Å². The molecule has 0 spiro atoms. The number of azide groups is 1. The van der Waals surface area contributed by atoms with E-state index in [1.807, 2.05) is 0 Å². The molecule has 0 saturated heterocycles. The molecule has 0 aliphatic rings. The first-order valence-corrected chi connectivity index (χ1v) is 8.16. The van der Waals surface area contributed by atoms with E-state index in [-0.39, 0.29) is 6.42 Å². The quantitative estimate of drug-likeness (QED) is 0.300. The van der Waals surface area contributed by atoms with Gasteiger partial charge in [-0.05, 0) is 50.4 Å². The second-order valence-corrected chi connectivity index (χ2v) is 6.54. The van der Waals surface area contributed by atoms with Crippen molar-refractivity contribution in [3.8, 4) is 5.75 Å². The first kappa shape index (κ1) is 21.1. The Morgan fingerprint density at radius 3 is 2.50 bits per heavy atom. The number of benzene rings is 1. The number of carboxylic acid groups (broad SMARTS) is 1. The lowest BCUT2D eigenvalue weighted by Gasteiger charge is -2.22. The van der Waals surface area contributed by atoms with Crippen LogP contribution in [0.25, 0.3) is 10.4 Å². The van der Waals surface area contributed by atoms with Crippen LogP contribution in [-0.4, -0.2) is 42.0 Å². The van der Waals surface area contributed by atoms with Gasteiger partial charge in [-0.3, -0.25) is 0 Å².